The molecule has 0 unspecified atom stereocenters. The molecule has 0 fully saturated rings. The Balaban J connectivity index is 1.48. The van der Waals surface area contributed by atoms with Crippen LogP contribution in [0.5, 0.6) is 0 Å². The van der Waals surface area contributed by atoms with Crippen molar-refractivity contribution in [3.63, 3.8) is 0 Å². The molecule has 2 amide bonds. The summed E-state index contributed by atoms with van der Waals surface area (Å²) in [5, 5.41) is 11.8. The van der Waals surface area contributed by atoms with Gasteiger partial charge in [0.1, 0.15) is 5.82 Å². The Labute approximate surface area is 235 Å². The van der Waals surface area contributed by atoms with Crippen molar-refractivity contribution in [3.05, 3.63) is 130 Å². The van der Waals surface area contributed by atoms with Crippen molar-refractivity contribution in [1.29, 1.82) is 0 Å². The second-order valence-corrected chi connectivity index (χ2v) is 8.93. The lowest BCUT2D eigenvalue weighted by Gasteiger charge is -2.18. The first-order valence-corrected chi connectivity index (χ1v) is 12.3. The molecule has 0 aliphatic rings. The summed E-state index contributed by atoms with van der Waals surface area (Å²) in [5.41, 5.74) is 2.85. The molecule has 0 spiro atoms. The Kier molecular flexibility index (Phi) is 8.69. The van der Waals surface area contributed by atoms with Crippen LogP contribution in [0, 0.1) is 5.82 Å². The first kappa shape index (κ1) is 28.4. The zero-order valence-electron chi connectivity index (χ0n) is 22.1. The molecule has 0 atom stereocenters. The molecule has 8 nitrogen and oxygen atoms in total. The van der Waals surface area contributed by atoms with E-state index in [1.54, 1.807) is 61.7 Å². The van der Waals surface area contributed by atoms with Crippen molar-refractivity contribution in [3.8, 4) is 0 Å². The van der Waals surface area contributed by atoms with Crippen molar-refractivity contribution in [1.82, 2.24) is 0 Å². The molecule has 4 aromatic carbocycles. The van der Waals surface area contributed by atoms with Crippen molar-refractivity contribution in [2.75, 3.05) is 24.4 Å². The highest BCUT2D eigenvalue weighted by Crippen LogP contribution is 2.23. The summed E-state index contributed by atoms with van der Waals surface area (Å²) >= 11 is 0. The molecule has 0 radical (unpaired) electrons. The minimum Gasteiger partial charge on any atom is -0.478 e. The van der Waals surface area contributed by atoms with E-state index in [2.05, 4.69) is 5.32 Å². The molecule has 0 aliphatic heterocycles. The number of carboxylic acids is 1. The van der Waals surface area contributed by atoms with Gasteiger partial charge in [-0.3, -0.25) is 9.59 Å². The van der Waals surface area contributed by atoms with Gasteiger partial charge in [-0.25, -0.2) is 14.0 Å². The number of carboxylic acid groups (broad SMARTS) is 1. The van der Waals surface area contributed by atoms with Crippen LogP contribution in [0.4, 0.5) is 15.8 Å². The molecule has 41 heavy (non-hydrogen) atoms. The third-order valence-electron chi connectivity index (χ3n) is 6.21. The minimum absolute atomic E-state index is 0.0740. The van der Waals surface area contributed by atoms with E-state index in [0.717, 1.165) is 0 Å². The third kappa shape index (κ3) is 6.90. The Bertz CT molecular complexity index is 1650. The van der Waals surface area contributed by atoms with Gasteiger partial charge in [-0.05, 0) is 83.9 Å². The monoisotopic (exact) mass is 552 g/mol. The van der Waals surface area contributed by atoms with Gasteiger partial charge >= 0.3 is 11.9 Å². The van der Waals surface area contributed by atoms with Gasteiger partial charge in [-0.2, -0.15) is 0 Å². The Morgan fingerprint density at radius 3 is 2.02 bits per heavy atom. The third-order valence-corrected chi connectivity index (χ3v) is 6.21. The molecule has 0 bridgehead atoms. The number of benzene rings is 4. The molecule has 0 aromatic heterocycles. The number of hydrogen-bond donors (Lipinski definition) is 2. The van der Waals surface area contributed by atoms with Crippen LogP contribution in [0.2, 0.25) is 0 Å². The predicted molar refractivity (Wildman–Crippen MR) is 154 cm³/mol. The largest absolute Gasteiger partial charge is 0.478 e. The molecule has 0 saturated heterocycles. The lowest BCUT2D eigenvalue weighted by molar-refractivity contribution is 0.0600. The predicted octanol–water partition coefficient (Wildman–Crippen LogP) is 6.01. The van der Waals surface area contributed by atoms with Gasteiger partial charge in [0.25, 0.3) is 11.8 Å². The molecular formula is C32H25FN2O6. The number of nitrogens with one attached hydrogen (secondary N) is 1. The van der Waals surface area contributed by atoms with Crippen molar-refractivity contribution in [2.45, 2.75) is 0 Å². The second kappa shape index (κ2) is 12.5. The average molecular weight is 553 g/mol. The summed E-state index contributed by atoms with van der Waals surface area (Å²) < 4.78 is 18.3. The van der Waals surface area contributed by atoms with Crippen LogP contribution < -0.4 is 10.2 Å². The molecule has 9 heteroatoms. The Morgan fingerprint density at radius 2 is 1.41 bits per heavy atom. The number of hydrogen-bond acceptors (Lipinski definition) is 5. The normalized spacial score (nSPS) is 10.7. The van der Waals surface area contributed by atoms with Crippen molar-refractivity contribution >= 4 is 47.3 Å². The number of carbonyl (C=O) groups excluding carboxylic acids is 3. The fourth-order valence-corrected chi connectivity index (χ4v) is 3.95. The van der Waals surface area contributed by atoms with Crippen LogP contribution in [-0.2, 0) is 4.74 Å². The van der Waals surface area contributed by atoms with Gasteiger partial charge in [0.15, 0.2) is 0 Å². The molecule has 2 N–H and O–H groups in total. The van der Waals surface area contributed by atoms with E-state index in [9.17, 15) is 23.6 Å². The number of amides is 2. The van der Waals surface area contributed by atoms with Gasteiger partial charge in [-0.1, -0.05) is 30.4 Å². The van der Waals surface area contributed by atoms with Gasteiger partial charge < -0.3 is 20.1 Å². The highest BCUT2D eigenvalue weighted by molar-refractivity contribution is 6.09. The summed E-state index contributed by atoms with van der Waals surface area (Å²) in [7, 11) is 2.80. The van der Waals surface area contributed by atoms with Gasteiger partial charge in [0.05, 0.1) is 23.9 Å². The quantitative estimate of drug-likeness (QED) is 0.205. The van der Waals surface area contributed by atoms with Gasteiger partial charge in [0.2, 0.25) is 0 Å². The summed E-state index contributed by atoms with van der Waals surface area (Å²) in [4.78, 5) is 50.7. The molecule has 206 valence electrons. The van der Waals surface area contributed by atoms with Crippen LogP contribution in [0.1, 0.15) is 52.6 Å². The van der Waals surface area contributed by atoms with E-state index in [-0.39, 0.29) is 34.1 Å². The molecule has 0 heterocycles. The zero-order chi connectivity index (χ0) is 29.5. The Morgan fingerprint density at radius 1 is 0.805 bits per heavy atom. The zero-order valence-corrected chi connectivity index (χ0v) is 22.1. The number of rotatable bonds is 8. The number of ether oxygens (including phenoxy) is 1. The molecular weight excluding hydrogens is 527 g/mol. The van der Waals surface area contributed by atoms with Crippen LogP contribution in [-0.4, -0.2) is 43.0 Å². The first-order valence-electron chi connectivity index (χ1n) is 12.3. The van der Waals surface area contributed by atoms with E-state index in [1.165, 1.54) is 60.5 Å². The summed E-state index contributed by atoms with van der Waals surface area (Å²) in [6, 6.07) is 22.7. The van der Waals surface area contributed by atoms with Gasteiger partial charge in [0, 0.05) is 23.9 Å². The fourth-order valence-electron chi connectivity index (χ4n) is 3.95. The van der Waals surface area contributed by atoms with Crippen molar-refractivity contribution in [2.24, 2.45) is 0 Å². The second-order valence-electron chi connectivity index (χ2n) is 8.93. The highest BCUT2D eigenvalue weighted by atomic mass is 19.1. The maximum Gasteiger partial charge on any atom is 0.339 e. The molecule has 4 aromatic rings. The van der Waals surface area contributed by atoms with Crippen LogP contribution in [0.3, 0.4) is 0 Å². The summed E-state index contributed by atoms with van der Waals surface area (Å²) in [6.07, 6.45) is 3.41. The number of aromatic carboxylic acids is 1. The lowest BCUT2D eigenvalue weighted by Crippen LogP contribution is -2.26. The number of esters is 1. The standard InChI is InChI=1S/C32H25FN2O6/c1-35(30(37)23-9-11-24(12-10-23)31(38)39)26-15-13-22(14-16-26)29(36)34-28-17-8-21(19-27(28)32(40)41-2)7-6-20-4-3-5-25(33)18-20/h3-19H,1-2H3,(H,34,36)(H,38,39). The molecule has 0 saturated carbocycles. The molecule has 0 aliphatic carbocycles. The maximum atomic E-state index is 13.5. The highest BCUT2D eigenvalue weighted by Gasteiger charge is 2.18. The number of halogens is 1. The average Bonchev–Trinajstić information content (AvgIpc) is 2.99. The van der Waals surface area contributed by atoms with Crippen LogP contribution in [0.25, 0.3) is 12.2 Å². The topological polar surface area (TPSA) is 113 Å². The summed E-state index contributed by atoms with van der Waals surface area (Å²) in [5.74, 6) is -2.93. The van der Waals surface area contributed by atoms with E-state index in [1.807, 2.05) is 0 Å². The van der Waals surface area contributed by atoms with Crippen LogP contribution >= 0.6 is 0 Å². The first-order chi connectivity index (χ1) is 19.7. The minimum atomic E-state index is -1.08. The number of anilines is 2. The number of nitrogens with zero attached hydrogens (tertiary/aromatic N) is 1. The van der Waals surface area contributed by atoms with E-state index >= 15 is 0 Å². The van der Waals surface area contributed by atoms with E-state index in [4.69, 9.17) is 9.84 Å². The SMILES string of the molecule is COC(=O)c1cc(C=Cc2cccc(F)c2)ccc1NC(=O)c1ccc(N(C)C(=O)c2ccc(C(=O)O)cc2)cc1. The van der Waals surface area contributed by atoms with Gasteiger partial charge in [-0.15, -0.1) is 0 Å². The smallest absolute Gasteiger partial charge is 0.339 e. The molecule has 4 rings (SSSR count). The summed E-state index contributed by atoms with van der Waals surface area (Å²) in [6.45, 7) is 0. The fraction of sp³-hybridized carbons (Fsp3) is 0.0625. The lowest BCUT2D eigenvalue weighted by atomic mass is 10.1. The van der Waals surface area contributed by atoms with E-state index in [0.29, 0.717) is 22.4 Å². The van der Waals surface area contributed by atoms with E-state index < -0.39 is 17.8 Å². The number of methoxy groups -OCH3 is 1. The van der Waals surface area contributed by atoms with Crippen molar-refractivity contribution < 1.29 is 33.4 Å². The maximum absolute atomic E-state index is 13.5. The Hall–Kier alpha value is -5.57. The number of carbonyl (C=O) groups is 4. The van der Waals surface area contributed by atoms with Crippen LogP contribution in [0.15, 0.2) is 91.0 Å².